The van der Waals surface area contributed by atoms with Crippen molar-refractivity contribution < 1.29 is 26.9 Å². The van der Waals surface area contributed by atoms with Gasteiger partial charge < -0.3 is 9.84 Å². The first kappa shape index (κ1) is 17.0. The van der Waals surface area contributed by atoms with E-state index in [0.29, 0.717) is 27.9 Å². The van der Waals surface area contributed by atoms with Gasteiger partial charge in [-0.1, -0.05) is 5.16 Å². The normalized spacial score (nSPS) is 12.9. The number of rotatable bonds is 5. The van der Waals surface area contributed by atoms with E-state index in [9.17, 15) is 22.4 Å². The van der Waals surface area contributed by atoms with Crippen LogP contribution in [-0.4, -0.2) is 20.8 Å². The van der Waals surface area contributed by atoms with E-state index < -0.39 is 36.2 Å². The fourth-order valence-electron chi connectivity index (χ4n) is 2.01. The van der Waals surface area contributed by atoms with E-state index in [4.69, 9.17) is 4.52 Å². The Labute approximate surface area is 128 Å². The molecule has 0 bridgehead atoms. The fourth-order valence-corrected chi connectivity index (χ4v) is 2.01. The second kappa shape index (κ2) is 6.39. The molecule has 1 N–H and O–H groups in total. The molecule has 2 aromatic rings. The molecular weight excluding hydrogens is 320 g/mol. The third kappa shape index (κ3) is 3.35. The minimum absolute atomic E-state index is 0.307. The van der Waals surface area contributed by atoms with E-state index in [-0.39, 0.29) is 0 Å². The molecule has 0 aliphatic carbocycles. The van der Waals surface area contributed by atoms with Crippen molar-refractivity contribution in [3.63, 3.8) is 0 Å². The Morgan fingerprint density at radius 1 is 1.26 bits per heavy atom. The molecule has 0 saturated heterocycles. The number of nitrogens with zero attached hydrogens (tertiary/aromatic N) is 3. The van der Waals surface area contributed by atoms with Crippen molar-refractivity contribution in [2.45, 2.75) is 39.7 Å². The average Bonchev–Trinajstić information content (AvgIpc) is 3.05. The number of carbonyl (C=O) groups is 1. The summed E-state index contributed by atoms with van der Waals surface area (Å²) in [6.45, 7) is 4.43. The van der Waals surface area contributed by atoms with Crippen LogP contribution in [0.1, 0.15) is 48.7 Å². The maximum absolute atomic E-state index is 13.0. The van der Waals surface area contributed by atoms with Gasteiger partial charge in [0.25, 0.3) is 12.9 Å². The number of aromatic nitrogens is 3. The van der Waals surface area contributed by atoms with E-state index in [1.54, 1.807) is 13.8 Å². The van der Waals surface area contributed by atoms with Gasteiger partial charge in [-0.25, -0.2) is 17.6 Å². The summed E-state index contributed by atoms with van der Waals surface area (Å²) in [5.74, 6) is -0.365. The molecule has 23 heavy (non-hydrogen) atoms. The van der Waals surface area contributed by atoms with Crippen molar-refractivity contribution in [1.82, 2.24) is 14.9 Å². The van der Waals surface area contributed by atoms with E-state index >= 15 is 0 Å². The summed E-state index contributed by atoms with van der Waals surface area (Å²) >= 11 is 0. The highest BCUT2D eigenvalue weighted by molar-refractivity contribution is 5.94. The molecule has 0 aliphatic rings. The molecule has 0 fully saturated rings. The van der Waals surface area contributed by atoms with Gasteiger partial charge in [0.15, 0.2) is 5.76 Å². The lowest BCUT2D eigenvalue weighted by Crippen LogP contribution is -2.26. The van der Waals surface area contributed by atoms with Crippen molar-refractivity contribution in [2.75, 3.05) is 5.32 Å². The Hall–Kier alpha value is -2.39. The number of halogens is 4. The number of aryl methyl sites for hydroxylation is 2. The highest BCUT2D eigenvalue weighted by Crippen LogP contribution is 2.28. The number of hydrogen-bond donors (Lipinski definition) is 1. The standard InChI is InChI=1S/C13H14F4N4O2/c1-5-10(7(3)23-20-5)18-13(22)6(2)21-9(12(16)17)4-8(19-21)11(14)15/h4,6,11-12H,1-3H3,(H,18,22). The molecule has 1 amide bonds. The Balaban J connectivity index is 2.29. The van der Waals surface area contributed by atoms with Crippen molar-refractivity contribution >= 4 is 11.6 Å². The SMILES string of the molecule is Cc1noc(C)c1NC(=O)C(C)n1nc(C(F)F)cc1C(F)F. The van der Waals surface area contributed by atoms with Crippen LogP contribution >= 0.6 is 0 Å². The van der Waals surface area contributed by atoms with Crippen LogP contribution in [0.3, 0.4) is 0 Å². The van der Waals surface area contributed by atoms with Crippen molar-refractivity contribution in [3.05, 3.63) is 28.9 Å². The van der Waals surface area contributed by atoms with Gasteiger partial charge >= 0.3 is 0 Å². The van der Waals surface area contributed by atoms with Gasteiger partial charge in [0.1, 0.15) is 28.8 Å². The minimum Gasteiger partial charge on any atom is -0.359 e. The zero-order valence-electron chi connectivity index (χ0n) is 12.5. The molecule has 2 aromatic heterocycles. The Kier molecular flexibility index (Phi) is 4.71. The number of amides is 1. The molecule has 0 aromatic carbocycles. The topological polar surface area (TPSA) is 73.0 Å². The maximum Gasteiger partial charge on any atom is 0.282 e. The van der Waals surface area contributed by atoms with E-state index in [1.807, 2.05) is 0 Å². The van der Waals surface area contributed by atoms with Crippen LogP contribution < -0.4 is 5.32 Å². The first-order chi connectivity index (χ1) is 10.7. The summed E-state index contributed by atoms with van der Waals surface area (Å²) in [6, 6.07) is -0.630. The molecule has 0 radical (unpaired) electrons. The zero-order chi connectivity index (χ0) is 17.3. The summed E-state index contributed by atoms with van der Waals surface area (Å²) in [5.41, 5.74) is -0.841. The molecule has 0 spiro atoms. The fraction of sp³-hybridized carbons (Fsp3) is 0.462. The van der Waals surface area contributed by atoms with Gasteiger partial charge in [-0.05, 0) is 26.8 Å². The van der Waals surface area contributed by atoms with Crippen molar-refractivity contribution in [1.29, 1.82) is 0 Å². The molecule has 1 atom stereocenters. The van der Waals surface area contributed by atoms with Gasteiger partial charge in [0.2, 0.25) is 5.91 Å². The monoisotopic (exact) mass is 334 g/mol. The third-order valence-corrected chi connectivity index (χ3v) is 3.26. The smallest absolute Gasteiger partial charge is 0.282 e. The predicted molar refractivity (Wildman–Crippen MR) is 71.5 cm³/mol. The first-order valence-corrected chi connectivity index (χ1v) is 6.61. The average molecular weight is 334 g/mol. The van der Waals surface area contributed by atoms with Crippen LogP contribution in [-0.2, 0) is 4.79 Å². The molecule has 1 unspecified atom stereocenters. The molecule has 10 heteroatoms. The molecule has 126 valence electrons. The summed E-state index contributed by atoms with van der Waals surface area (Å²) in [4.78, 5) is 12.2. The first-order valence-electron chi connectivity index (χ1n) is 6.61. The minimum atomic E-state index is -3.04. The second-order valence-electron chi connectivity index (χ2n) is 4.90. The Morgan fingerprint density at radius 2 is 1.91 bits per heavy atom. The van der Waals surface area contributed by atoms with Crippen molar-refractivity contribution in [3.8, 4) is 0 Å². The van der Waals surface area contributed by atoms with Crippen LogP contribution in [0.2, 0.25) is 0 Å². The van der Waals surface area contributed by atoms with Gasteiger partial charge in [-0.3, -0.25) is 9.48 Å². The molecule has 2 rings (SSSR count). The van der Waals surface area contributed by atoms with Crippen LogP contribution in [0.5, 0.6) is 0 Å². The van der Waals surface area contributed by atoms with Crippen molar-refractivity contribution in [2.24, 2.45) is 0 Å². The Morgan fingerprint density at radius 3 is 2.39 bits per heavy atom. The number of nitrogens with one attached hydrogen (secondary N) is 1. The highest BCUT2D eigenvalue weighted by atomic mass is 19.3. The van der Waals surface area contributed by atoms with Crippen LogP contribution in [0.25, 0.3) is 0 Å². The van der Waals surface area contributed by atoms with Gasteiger partial charge in [0, 0.05) is 0 Å². The Bertz CT molecular complexity index is 691. The van der Waals surface area contributed by atoms with Gasteiger partial charge in [-0.15, -0.1) is 0 Å². The lowest BCUT2D eigenvalue weighted by atomic mass is 10.2. The highest BCUT2D eigenvalue weighted by Gasteiger charge is 2.27. The number of hydrogen-bond acceptors (Lipinski definition) is 4. The van der Waals surface area contributed by atoms with Crippen LogP contribution in [0, 0.1) is 13.8 Å². The van der Waals surface area contributed by atoms with E-state index in [1.165, 1.54) is 6.92 Å². The lowest BCUT2D eigenvalue weighted by molar-refractivity contribution is -0.119. The summed E-state index contributed by atoms with van der Waals surface area (Å²) in [7, 11) is 0. The second-order valence-corrected chi connectivity index (χ2v) is 4.90. The van der Waals surface area contributed by atoms with Crippen LogP contribution in [0.15, 0.2) is 10.6 Å². The molecule has 0 saturated carbocycles. The van der Waals surface area contributed by atoms with Gasteiger partial charge in [-0.2, -0.15) is 5.10 Å². The van der Waals surface area contributed by atoms with E-state index in [0.717, 1.165) is 0 Å². The lowest BCUT2D eigenvalue weighted by Gasteiger charge is -2.15. The van der Waals surface area contributed by atoms with Crippen LogP contribution in [0.4, 0.5) is 23.2 Å². The summed E-state index contributed by atoms with van der Waals surface area (Å²) in [5, 5.41) is 9.53. The number of anilines is 1. The third-order valence-electron chi connectivity index (χ3n) is 3.26. The molecule has 2 heterocycles. The maximum atomic E-state index is 13.0. The predicted octanol–water partition coefficient (Wildman–Crippen LogP) is 3.56. The largest absolute Gasteiger partial charge is 0.359 e. The molecular formula is C13H14F4N4O2. The zero-order valence-corrected chi connectivity index (χ0v) is 12.5. The summed E-state index contributed by atoms with van der Waals surface area (Å²) in [6.07, 6.45) is -6.05. The molecule has 0 aliphatic heterocycles. The summed E-state index contributed by atoms with van der Waals surface area (Å²) < 4.78 is 56.7. The quantitative estimate of drug-likeness (QED) is 0.849. The number of carbonyl (C=O) groups excluding carboxylic acids is 1. The van der Waals surface area contributed by atoms with E-state index in [2.05, 4.69) is 15.6 Å². The number of alkyl halides is 4. The molecule has 6 nitrogen and oxygen atoms in total. The van der Waals surface area contributed by atoms with Gasteiger partial charge in [0.05, 0.1) is 0 Å².